The van der Waals surface area contributed by atoms with E-state index in [2.05, 4.69) is 27.3 Å². The lowest BCUT2D eigenvalue weighted by molar-refractivity contribution is 0.0944. The Bertz CT molecular complexity index is 910. The molecule has 8 nitrogen and oxygen atoms in total. The molecule has 0 atom stereocenters. The highest BCUT2D eigenvalue weighted by Crippen LogP contribution is 2.26. The minimum Gasteiger partial charge on any atom is -0.496 e. The summed E-state index contributed by atoms with van der Waals surface area (Å²) in [5.74, 6) is 1.00. The number of thiophene rings is 1. The lowest BCUT2D eigenvalue weighted by Gasteiger charge is -2.23. The minimum atomic E-state index is -0.277. The van der Waals surface area contributed by atoms with Gasteiger partial charge in [0.05, 0.1) is 24.1 Å². The van der Waals surface area contributed by atoms with Crippen molar-refractivity contribution in [2.24, 2.45) is 5.73 Å². The molecule has 1 amide bonds. The lowest BCUT2D eigenvalue weighted by Crippen LogP contribution is -2.29. The van der Waals surface area contributed by atoms with Gasteiger partial charge in [0, 0.05) is 31.4 Å². The smallest absolute Gasteiger partial charge is 0.257 e. The average Bonchev–Trinajstić information content (AvgIpc) is 3.41. The highest BCUT2D eigenvalue weighted by Gasteiger charge is 2.16. The number of ether oxygens (including phenoxy) is 1. The summed E-state index contributed by atoms with van der Waals surface area (Å²) in [4.78, 5) is 15.6. The number of likely N-dealkylation sites (N-methyl/N-ethyl adjacent to an activating group) is 1. The Morgan fingerprint density at radius 1 is 1.36 bits per heavy atom. The molecule has 3 N–H and O–H groups in total. The summed E-state index contributed by atoms with van der Waals surface area (Å²) in [5.41, 5.74) is 7.06. The van der Waals surface area contributed by atoms with Gasteiger partial charge in [0.1, 0.15) is 5.75 Å². The van der Waals surface area contributed by atoms with Gasteiger partial charge >= 0.3 is 0 Å². The van der Waals surface area contributed by atoms with Crippen molar-refractivity contribution in [2.75, 3.05) is 31.6 Å². The van der Waals surface area contributed by atoms with Crippen LogP contribution in [0.2, 0.25) is 0 Å². The molecule has 28 heavy (non-hydrogen) atoms. The third kappa shape index (κ3) is 4.49. The van der Waals surface area contributed by atoms with Gasteiger partial charge < -0.3 is 25.1 Å². The molecule has 0 bridgehead atoms. The monoisotopic (exact) mass is 401 g/mol. The third-order valence-corrected chi connectivity index (χ3v) is 5.03. The number of nitrogens with two attached hydrogens (primary N) is 1. The van der Waals surface area contributed by atoms with Gasteiger partial charge in [-0.1, -0.05) is 6.07 Å². The molecule has 0 aliphatic heterocycles. The number of aromatic nitrogens is 2. The molecule has 0 unspecified atom stereocenters. The number of hydrogen-bond donors (Lipinski definition) is 2. The van der Waals surface area contributed by atoms with E-state index in [-0.39, 0.29) is 12.5 Å². The van der Waals surface area contributed by atoms with Gasteiger partial charge in [-0.2, -0.15) is 0 Å². The summed E-state index contributed by atoms with van der Waals surface area (Å²) in [6.07, 6.45) is 0. The van der Waals surface area contributed by atoms with Crippen LogP contribution in [-0.4, -0.2) is 42.8 Å². The van der Waals surface area contributed by atoms with Crippen molar-refractivity contribution < 1.29 is 13.9 Å². The zero-order valence-corrected chi connectivity index (χ0v) is 16.7. The summed E-state index contributed by atoms with van der Waals surface area (Å²) >= 11 is 1.51. The van der Waals surface area contributed by atoms with Crippen molar-refractivity contribution in [2.45, 2.75) is 13.5 Å². The van der Waals surface area contributed by atoms with Crippen LogP contribution in [0.1, 0.15) is 23.2 Å². The molecule has 9 heteroatoms. The Labute approximate surface area is 167 Å². The van der Waals surface area contributed by atoms with Gasteiger partial charge in [-0.3, -0.25) is 4.79 Å². The van der Waals surface area contributed by atoms with Crippen LogP contribution in [0.15, 0.2) is 40.1 Å². The van der Waals surface area contributed by atoms with Gasteiger partial charge in [0.25, 0.3) is 11.8 Å². The molecule has 0 saturated heterocycles. The molecular weight excluding hydrogens is 378 g/mol. The number of hydrogen-bond acceptors (Lipinski definition) is 8. The van der Waals surface area contributed by atoms with E-state index in [0.717, 1.165) is 23.7 Å². The molecule has 0 fully saturated rings. The standard InChI is InChI=1S/C19H23N5O3S/c1-3-24(9-8-20)13-6-7-14(15(11-13)26-2)18(25)21-12-17-22-23-19(27-17)16-5-4-10-28-16/h4-7,10-11H,3,8-9,12,20H2,1-2H3,(H,21,25). The summed E-state index contributed by atoms with van der Waals surface area (Å²) < 4.78 is 11.0. The maximum Gasteiger partial charge on any atom is 0.257 e. The molecule has 2 heterocycles. The second-order valence-corrected chi connectivity index (χ2v) is 6.86. The van der Waals surface area contributed by atoms with Gasteiger partial charge in [0.2, 0.25) is 5.89 Å². The molecule has 1 aromatic carbocycles. The van der Waals surface area contributed by atoms with Crippen molar-refractivity contribution in [3.63, 3.8) is 0 Å². The van der Waals surface area contributed by atoms with Gasteiger partial charge in [-0.05, 0) is 30.5 Å². The van der Waals surface area contributed by atoms with E-state index in [1.54, 1.807) is 13.2 Å². The Morgan fingerprint density at radius 2 is 2.21 bits per heavy atom. The second-order valence-electron chi connectivity index (χ2n) is 5.91. The predicted octanol–water partition coefficient (Wildman–Crippen LogP) is 2.52. The fraction of sp³-hybridized carbons (Fsp3) is 0.316. The molecule has 3 aromatic rings. The Hall–Kier alpha value is -2.91. The van der Waals surface area contributed by atoms with Crippen LogP contribution in [0, 0.1) is 0 Å². The first-order valence-corrected chi connectivity index (χ1v) is 9.81. The SMILES string of the molecule is CCN(CCN)c1ccc(C(=O)NCc2nnc(-c3cccs3)o2)c(OC)c1. The van der Waals surface area contributed by atoms with Gasteiger partial charge in [-0.15, -0.1) is 21.5 Å². The Kier molecular flexibility index (Phi) is 6.62. The first-order chi connectivity index (χ1) is 13.7. The van der Waals surface area contributed by atoms with E-state index in [1.165, 1.54) is 11.3 Å². The van der Waals surface area contributed by atoms with Crippen molar-refractivity contribution in [1.82, 2.24) is 15.5 Å². The molecule has 2 aromatic heterocycles. The number of methoxy groups -OCH3 is 1. The number of rotatable bonds is 9. The molecule has 0 saturated carbocycles. The maximum atomic E-state index is 12.6. The molecule has 0 aliphatic rings. The van der Waals surface area contributed by atoms with Crippen LogP contribution in [0.25, 0.3) is 10.8 Å². The zero-order chi connectivity index (χ0) is 19.9. The number of nitrogens with zero attached hydrogens (tertiary/aromatic N) is 3. The third-order valence-electron chi connectivity index (χ3n) is 4.17. The van der Waals surface area contributed by atoms with E-state index >= 15 is 0 Å². The normalized spacial score (nSPS) is 10.7. The van der Waals surface area contributed by atoms with Crippen LogP contribution in [0.3, 0.4) is 0 Å². The largest absolute Gasteiger partial charge is 0.496 e. The molecule has 0 radical (unpaired) electrons. The fourth-order valence-electron chi connectivity index (χ4n) is 2.77. The number of nitrogens with one attached hydrogen (secondary N) is 1. The van der Waals surface area contributed by atoms with Crippen LogP contribution >= 0.6 is 11.3 Å². The Morgan fingerprint density at radius 3 is 2.89 bits per heavy atom. The fourth-order valence-corrected chi connectivity index (χ4v) is 3.41. The van der Waals surface area contributed by atoms with Gasteiger partial charge in [-0.25, -0.2) is 0 Å². The summed E-state index contributed by atoms with van der Waals surface area (Å²) in [5, 5.41) is 12.7. The molecule has 0 spiro atoms. The van der Waals surface area contributed by atoms with E-state index in [9.17, 15) is 4.79 Å². The molecule has 3 rings (SSSR count). The van der Waals surface area contributed by atoms with Crippen molar-refractivity contribution in [3.8, 4) is 16.5 Å². The summed E-state index contributed by atoms with van der Waals surface area (Å²) in [6, 6.07) is 9.29. The van der Waals surface area contributed by atoms with Crippen molar-refractivity contribution in [1.29, 1.82) is 0 Å². The molecule has 148 valence electrons. The van der Waals surface area contributed by atoms with Crippen LogP contribution in [0.5, 0.6) is 5.75 Å². The van der Waals surface area contributed by atoms with Crippen LogP contribution in [-0.2, 0) is 6.54 Å². The number of anilines is 1. The van der Waals surface area contributed by atoms with Crippen molar-refractivity contribution >= 4 is 22.9 Å². The minimum absolute atomic E-state index is 0.135. The lowest BCUT2D eigenvalue weighted by atomic mass is 10.1. The Balaban J connectivity index is 1.68. The van der Waals surface area contributed by atoms with E-state index in [0.29, 0.717) is 29.6 Å². The summed E-state index contributed by atoms with van der Waals surface area (Å²) in [7, 11) is 1.54. The van der Waals surface area contributed by atoms with E-state index in [1.807, 2.05) is 29.6 Å². The first-order valence-electron chi connectivity index (χ1n) is 8.93. The first kappa shape index (κ1) is 19.8. The second kappa shape index (κ2) is 9.34. The highest BCUT2D eigenvalue weighted by atomic mass is 32.1. The highest BCUT2D eigenvalue weighted by molar-refractivity contribution is 7.13. The van der Waals surface area contributed by atoms with Crippen LogP contribution < -0.4 is 20.7 Å². The number of amides is 1. The average molecular weight is 401 g/mol. The zero-order valence-electron chi connectivity index (χ0n) is 15.8. The molecule has 0 aliphatic carbocycles. The topological polar surface area (TPSA) is 107 Å². The van der Waals surface area contributed by atoms with Crippen LogP contribution in [0.4, 0.5) is 5.69 Å². The van der Waals surface area contributed by atoms with Gasteiger partial charge in [0.15, 0.2) is 0 Å². The predicted molar refractivity (Wildman–Crippen MR) is 109 cm³/mol. The van der Waals surface area contributed by atoms with Crippen molar-refractivity contribution in [3.05, 3.63) is 47.2 Å². The quantitative estimate of drug-likeness (QED) is 0.567. The van der Waals surface area contributed by atoms with E-state index < -0.39 is 0 Å². The number of carbonyl (C=O) groups excluding carboxylic acids is 1. The number of carbonyl (C=O) groups is 1. The maximum absolute atomic E-state index is 12.6. The van der Waals surface area contributed by atoms with E-state index in [4.69, 9.17) is 14.9 Å². The molecular formula is C19H23N5O3S. The number of benzene rings is 1. The summed E-state index contributed by atoms with van der Waals surface area (Å²) in [6.45, 7) is 4.29.